The molecule has 5 atom stereocenters. The van der Waals surface area contributed by atoms with Crippen molar-refractivity contribution in [2.75, 3.05) is 13.1 Å². The zero-order valence-electron chi connectivity index (χ0n) is 23.8. The van der Waals surface area contributed by atoms with Crippen LogP contribution in [0.3, 0.4) is 0 Å². The number of aromatic nitrogens is 1. The summed E-state index contributed by atoms with van der Waals surface area (Å²) in [6, 6.07) is 44.2. The van der Waals surface area contributed by atoms with Gasteiger partial charge in [-0.3, -0.25) is 9.88 Å². The Balaban J connectivity index is 1.47. The smallest absolute Gasteiger partial charge is 0.288 e. The Morgan fingerprint density at radius 3 is 1.93 bits per heavy atom. The molecule has 4 heteroatoms. The van der Waals surface area contributed by atoms with Crippen LogP contribution in [0.4, 0.5) is 0 Å². The fourth-order valence-corrected chi connectivity index (χ4v) is 11.6. The highest BCUT2D eigenvalue weighted by atomic mass is 28.4. The second-order valence-electron chi connectivity index (χ2n) is 11.8. The second kappa shape index (κ2) is 11.4. The van der Waals surface area contributed by atoms with Gasteiger partial charge in [-0.2, -0.15) is 0 Å². The Hall–Kier alpha value is -3.57. The molecule has 0 radical (unpaired) electrons. The van der Waals surface area contributed by atoms with E-state index in [4.69, 9.17) is 9.41 Å². The molecule has 0 amide bonds. The van der Waals surface area contributed by atoms with Crippen LogP contribution >= 0.6 is 0 Å². The van der Waals surface area contributed by atoms with Crippen molar-refractivity contribution in [2.45, 2.75) is 38.3 Å². The summed E-state index contributed by atoms with van der Waals surface area (Å²) in [5.41, 5.74) is 2.30. The van der Waals surface area contributed by atoms with Crippen LogP contribution in [0, 0.1) is 11.8 Å². The van der Waals surface area contributed by atoms with E-state index in [1.54, 1.807) is 0 Å². The van der Waals surface area contributed by atoms with Gasteiger partial charge in [-0.1, -0.05) is 123 Å². The molecular formula is C37H38N2OSi. The number of fused-ring (bicyclic) bond motifs is 4. The molecule has 0 aliphatic carbocycles. The summed E-state index contributed by atoms with van der Waals surface area (Å²) < 4.78 is 8.02. The van der Waals surface area contributed by atoms with Crippen LogP contribution in [-0.2, 0) is 4.43 Å². The lowest BCUT2D eigenvalue weighted by Crippen LogP contribution is -2.70. The third-order valence-electron chi connectivity index (χ3n) is 9.64. The maximum Gasteiger partial charge on any atom is 0.288 e. The highest BCUT2D eigenvalue weighted by Gasteiger charge is 2.49. The zero-order valence-corrected chi connectivity index (χ0v) is 24.8. The minimum absolute atomic E-state index is 0.0872. The van der Waals surface area contributed by atoms with Crippen LogP contribution in [0.25, 0.3) is 10.9 Å². The molecule has 3 saturated heterocycles. The van der Waals surface area contributed by atoms with Gasteiger partial charge >= 0.3 is 0 Å². The average Bonchev–Trinajstić information content (AvgIpc) is 3.07. The molecule has 3 aliphatic rings. The summed E-state index contributed by atoms with van der Waals surface area (Å²) >= 11 is 0. The van der Waals surface area contributed by atoms with Crippen molar-refractivity contribution in [2.24, 2.45) is 11.8 Å². The number of hydrogen-bond acceptors (Lipinski definition) is 3. The second-order valence-corrected chi connectivity index (χ2v) is 15.1. The quantitative estimate of drug-likeness (QED) is 0.172. The monoisotopic (exact) mass is 554 g/mol. The van der Waals surface area contributed by atoms with E-state index in [0.29, 0.717) is 6.04 Å². The number of nitrogens with zero attached hydrogens (tertiary/aromatic N) is 2. The molecule has 5 aromatic rings. The molecule has 206 valence electrons. The summed E-state index contributed by atoms with van der Waals surface area (Å²) in [5, 5.41) is 5.04. The standard InChI is InChI=1S/C37H38N2OSi/c1-2-28-27-39-25-23-29(28)26-36(39)37(34-22-24-38-35-21-13-12-20-33(34)35)40-41(30-14-6-3-7-15-30,31-16-8-4-9-17-31)32-18-10-5-11-19-32/h3-22,24,28-29,36-37H,2,23,25-27H2,1H3/t28-,29-,36-,37+/m0/s1. The normalized spacial score (nSPS) is 23.0. The molecule has 3 nitrogen and oxygen atoms in total. The van der Waals surface area contributed by atoms with Crippen molar-refractivity contribution >= 4 is 34.8 Å². The van der Waals surface area contributed by atoms with Gasteiger partial charge in [0.25, 0.3) is 8.32 Å². The molecular weight excluding hydrogens is 517 g/mol. The lowest BCUT2D eigenvalue weighted by molar-refractivity contribution is -0.0494. The van der Waals surface area contributed by atoms with Crippen LogP contribution in [0.2, 0.25) is 0 Å². The number of piperidine rings is 3. The van der Waals surface area contributed by atoms with Gasteiger partial charge in [0.15, 0.2) is 0 Å². The highest BCUT2D eigenvalue weighted by molar-refractivity contribution is 7.07. The molecule has 0 spiro atoms. The van der Waals surface area contributed by atoms with Crippen molar-refractivity contribution in [1.29, 1.82) is 0 Å². The first-order chi connectivity index (χ1) is 20.3. The lowest BCUT2D eigenvalue weighted by atomic mass is 9.72. The maximum absolute atomic E-state index is 8.02. The van der Waals surface area contributed by atoms with Gasteiger partial charge in [-0.05, 0) is 64.5 Å². The first kappa shape index (κ1) is 26.3. The van der Waals surface area contributed by atoms with E-state index >= 15 is 0 Å². The summed E-state index contributed by atoms with van der Waals surface area (Å²) in [5.74, 6) is 1.55. The highest BCUT2D eigenvalue weighted by Crippen LogP contribution is 2.44. The number of hydrogen-bond donors (Lipinski definition) is 0. The maximum atomic E-state index is 8.02. The van der Waals surface area contributed by atoms with Crippen LogP contribution in [-0.4, -0.2) is 37.3 Å². The van der Waals surface area contributed by atoms with E-state index in [2.05, 4.69) is 133 Å². The Bertz CT molecular complexity index is 1490. The third-order valence-corrected chi connectivity index (χ3v) is 13.7. The Morgan fingerprint density at radius 2 is 1.37 bits per heavy atom. The summed E-state index contributed by atoms with van der Waals surface area (Å²) in [6.07, 6.45) is 5.64. The van der Waals surface area contributed by atoms with E-state index in [1.165, 1.54) is 52.3 Å². The van der Waals surface area contributed by atoms with E-state index in [0.717, 1.165) is 23.9 Å². The molecule has 2 bridgehead atoms. The first-order valence-corrected chi connectivity index (χ1v) is 17.1. The average molecular weight is 555 g/mol. The molecule has 1 unspecified atom stereocenters. The Morgan fingerprint density at radius 1 is 0.780 bits per heavy atom. The fraction of sp³-hybridized carbons (Fsp3) is 0.270. The van der Waals surface area contributed by atoms with Gasteiger partial charge in [0.1, 0.15) is 0 Å². The SMILES string of the molecule is CC[C@H]1CN2CC[C@H]1C[C@H]2[C@H](O[Si](c1ccccc1)(c1ccccc1)c1ccccc1)c1ccnc2ccccc12. The Kier molecular flexibility index (Phi) is 7.30. The largest absolute Gasteiger partial charge is 0.395 e. The van der Waals surface area contributed by atoms with Gasteiger partial charge in [0.2, 0.25) is 0 Å². The third kappa shape index (κ3) is 4.74. The molecule has 8 rings (SSSR count). The summed E-state index contributed by atoms with van der Waals surface area (Å²) in [6.45, 7) is 4.69. The van der Waals surface area contributed by atoms with Crippen molar-refractivity contribution in [1.82, 2.24) is 9.88 Å². The molecule has 4 heterocycles. The van der Waals surface area contributed by atoms with Crippen LogP contribution in [0.15, 0.2) is 128 Å². The van der Waals surface area contributed by atoms with Gasteiger partial charge in [-0.25, -0.2) is 0 Å². The first-order valence-electron chi connectivity index (χ1n) is 15.2. The van der Waals surface area contributed by atoms with Crippen LogP contribution in [0.5, 0.6) is 0 Å². The van der Waals surface area contributed by atoms with Gasteiger partial charge in [0.05, 0.1) is 11.6 Å². The van der Waals surface area contributed by atoms with Crippen LogP contribution in [0.1, 0.15) is 37.9 Å². The molecule has 0 N–H and O–H groups in total. The lowest BCUT2D eigenvalue weighted by Gasteiger charge is -2.53. The molecule has 0 saturated carbocycles. The van der Waals surface area contributed by atoms with Crippen molar-refractivity contribution < 1.29 is 4.43 Å². The number of para-hydroxylation sites is 1. The van der Waals surface area contributed by atoms with E-state index < -0.39 is 8.32 Å². The molecule has 41 heavy (non-hydrogen) atoms. The number of pyridine rings is 1. The minimum atomic E-state index is -2.94. The van der Waals surface area contributed by atoms with E-state index in [-0.39, 0.29) is 6.10 Å². The van der Waals surface area contributed by atoms with E-state index in [9.17, 15) is 0 Å². The summed E-state index contributed by atoms with van der Waals surface area (Å²) in [7, 11) is -2.94. The summed E-state index contributed by atoms with van der Waals surface area (Å²) in [4.78, 5) is 7.51. The molecule has 3 aliphatic heterocycles. The van der Waals surface area contributed by atoms with Crippen molar-refractivity contribution in [3.63, 3.8) is 0 Å². The van der Waals surface area contributed by atoms with Gasteiger partial charge in [-0.15, -0.1) is 0 Å². The fourth-order valence-electron chi connectivity index (χ4n) is 7.59. The van der Waals surface area contributed by atoms with Crippen LogP contribution < -0.4 is 15.6 Å². The topological polar surface area (TPSA) is 25.4 Å². The predicted octanol–water partition coefficient (Wildman–Crippen LogP) is 6.08. The van der Waals surface area contributed by atoms with Gasteiger partial charge in [0, 0.05) is 24.2 Å². The molecule has 1 aromatic heterocycles. The number of rotatable bonds is 8. The van der Waals surface area contributed by atoms with Crippen molar-refractivity contribution in [3.8, 4) is 0 Å². The number of benzene rings is 4. The van der Waals surface area contributed by atoms with E-state index in [1.807, 2.05) is 6.20 Å². The Labute approximate surface area is 245 Å². The van der Waals surface area contributed by atoms with Crippen molar-refractivity contribution in [3.05, 3.63) is 133 Å². The predicted molar refractivity (Wildman–Crippen MR) is 171 cm³/mol. The molecule has 4 aromatic carbocycles. The molecule has 3 fully saturated rings. The minimum Gasteiger partial charge on any atom is -0.395 e. The van der Waals surface area contributed by atoms with Gasteiger partial charge < -0.3 is 4.43 Å². The zero-order chi connectivity index (χ0) is 27.6.